The van der Waals surface area contributed by atoms with Crippen LogP contribution in [0.25, 0.3) is 11.3 Å². The number of aryl methyl sites for hydroxylation is 1. The summed E-state index contributed by atoms with van der Waals surface area (Å²) in [4.78, 5) is 4.97. The summed E-state index contributed by atoms with van der Waals surface area (Å²) in [6.45, 7) is 5.19. The lowest BCUT2D eigenvalue weighted by Gasteiger charge is -2.26. The molecule has 3 aromatic rings. The Labute approximate surface area is 167 Å². The van der Waals surface area contributed by atoms with Gasteiger partial charge in [-0.1, -0.05) is 50.6 Å². The van der Waals surface area contributed by atoms with Crippen LogP contribution in [0.1, 0.15) is 56.0 Å². The number of ether oxygens (including phenoxy) is 1. The molecule has 0 unspecified atom stereocenters. The van der Waals surface area contributed by atoms with Gasteiger partial charge in [0.1, 0.15) is 5.75 Å². The molecule has 4 heteroatoms. The summed E-state index contributed by atoms with van der Waals surface area (Å²) in [5.41, 5.74) is 5.48. The predicted octanol–water partition coefficient (Wildman–Crippen LogP) is 5.38. The van der Waals surface area contributed by atoms with Crippen LogP contribution in [0.3, 0.4) is 0 Å². The summed E-state index contributed by atoms with van der Waals surface area (Å²) in [5, 5.41) is 4.68. The molecule has 0 N–H and O–H groups in total. The SMILES string of the molecule is CC(C)c1nc(Cc2cn(C)nc2-c2ccccc2)ccc1OCC1CCC1. The van der Waals surface area contributed by atoms with Crippen LogP contribution in [0.4, 0.5) is 0 Å². The lowest BCUT2D eigenvalue weighted by molar-refractivity contribution is 0.178. The molecule has 0 amide bonds. The molecule has 146 valence electrons. The summed E-state index contributed by atoms with van der Waals surface area (Å²) in [5.74, 6) is 2.00. The molecule has 2 aromatic heterocycles. The number of pyridine rings is 1. The number of hydrogen-bond acceptors (Lipinski definition) is 3. The van der Waals surface area contributed by atoms with Crippen molar-refractivity contribution in [1.29, 1.82) is 0 Å². The van der Waals surface area contributed by atoms with Gasteiger partial charge in [-0.3, -0.25) is 9.67 Å². The van der Waals surface area contributed by atoms with Gasteiger partial charge in [0.2, 0.25) is 0 Å². The van der Waals surface area contributed by atoms with Crippen LogP contribution in [0.5, 0.6) is 5.75 Å². The molecule has 0 aliphatic heterocycles. The van der Waals surface area contributed by atoms with Crippen molar-refractivity contribution < 1.29 is 4.74 Å². The van der Waals surface area contributed by atoms with E-state index in [2.05, 4.69) is 61.5 Å². The van der Waals surface area contributed by atoms with Crippen LogP contribution in [0, 0.1) is 5.92 Å². The second-order valence-electron chi connectivity index (χ2n) is 8.17. The molecule has 1 aromatic carbocycles. The molecule has 2 heterocycles. The minimum Gasteiger partial charge on any atom is -0.491 e. The Hall–Kier alpha value is -2.62. The van der Waals surface area contributed by atoms with E-state index in [0.29, 0.717) is 5.92 Å². The first kappa shape index (κ1) is 18.7. The predicted molar refractivity (Wildman–Crippen MR) is 113 cm³/mol. The number of aromatic nitrogens is 3. The lowest BCUT2D eigenvalue weighted by atomic mass is 9.86. The maximum Gasteiger partial charge on any atom is 0.141 e. The second kappa shape index (κ2) is 8.17. The largest absolute Gasteiger partial charge is 0.491 e. The molecule has 28 heavy (non-hydrogen) atoms. The van der Waals surface area contributed by atoms with Gasteiger partial charge in [-0.25, -0.2) is 0 Å². The zero-order chi connectivity index (χ0) is 19.5. The highest BCUT2D eigenvalue weighted by Gasteiger charge is 2.20. The average Bonchev–Trinajstić information content (AvgIpc) is 3.02. The molecular weight excluding hydrogens is 346 g/mol. The van der Waals surface area contributed by atoms with Gasteiger partial charge in [0, 0.05) is 36.5 Å². The third-order valence-corrected chi connectivity index (χ3v) is 5.51. The molecule has 4 nitrogen and oxygen atoms in total. The molecular formula is C24H29N3O. The topological polar surface area (TPSA) is 39.9 Å². The van der Waals surface area contributed by atoms with Crippen molar-refractivity contribution in [3.05, 3.63) is 65.6 Å². The van der Waals surface area contributed by atoms with Gasteiger partial charge in [-0.15, -0.1) is 0 Å². The minimum atomic E-state index is 0.332. The van der Waals surface area contributed by atoms with E-state index in [9.17, 15) is 0 Å². The highest BCUT2D eigenvalue weighted by Crippen LogP contribution is 2.31. The summed E-state index contributed by atoms with van der Waals surface area (Å²) in [6, 6.07) is 14.6. The van der Waals surface area contributed by atoms with E-state index in [4.69, 9.17) is 9.72 Å². The summed E-state index contributed by atoms with van der Waals surface area (Å²) >= 11 is 0. The van der Waals surface area contributed by atoms with Gasteiger partial charge in [-0.05, 0) is 36.8 Å². The maximum absolute atomic E-state index is 6.13. The van der Waals surface area contributed by atoms with Crippen molar-refractivity contribution in [3.63, 3.8) is 0 Å². The standard InChI is InChI=1S/C24H29N3O/c1-17(2)23-22(28-16-18-8-7-9-18)13-12-21(25-23)14-20-15-27(3)26-24(20)19-10-5-4-6-11-19/h4-6,10-13,15,17-18H,7-9,14,16H2,1-3H3. The van der Waals surface area contributed by atoms with Gasteiger partial charge in [-0.2, -0.15) is 5.10 Å². The normalized spacial score (nSPS) is 14.3. The van der Waals surface area contributed by atoms with Crippen molar-refractivity contribution in [2.45, 2.75) is 45.4 Å². The van der Waals surface area contributed by atoms with E-state index in [1.54, 1.807) is 0 Å². The third kappa shape index (κ3) is 4.11. The van der Waals surface area contributed by atoms with E-state index >= 15 is 0 Å². The van der Waals surface area contributed by atoms with Crippen LogP contribution in [-0.2, 0) is 13.5 Å². The third-order valence-electron chi connectivity index (χ3n) is 5.51. The highest BCUT2D eigenvalue weighted by atomic mass is 16.5. The zero-order valence-electron chi connectivity index (χ0n) is 17.1. The first-order valence-corrected chi connectivity index (χ1v) is 10.3. The average molecular weight is 376 g/mol. The smallest absolute Gasteiger partial charge is 0.141 e. The van der Waals surface area contributed by atoms with Gasteiger partial charge >= 0.3 is 0 Å². The van der Waals surface area contributed by atoms with E-state index in [1.807, 2.05) is 17.8 Å². The Morgan fingerprint density at radius 1 is 1.11 bits per heavy atom. The van der Waals surface area contributed by atoms with Crippen LogP contribution in [0.15, 0.2) is 48.7 Å². The van der Waals surface area contributed by atoms with Crippen molar-refractivity contribution in [2.75, 3.05) is 6.61 Å². The van der Waals surface area contributed by atoms with Crippen molar-refractivity contribution in [3.8, 4) is 17.0 Å². The Balaban J connectivity index is 1.57. The summed E-state index contributed by atoms with van der Waals surface area (Å²) in [6.07, 6.45) is 6.80. The Kier molecular flexibility index (Phi) is 5.47. The molecule has 0 radical (unpaired) electrons. The van der Waals surface area contributed by atoms with E-state index < -0.39 is 0 Å². The summed E-state index contributed by atoms with van der Waals surface area (Å²) < 4.78 is 8.01. The fourth-order valence-corrected chi connectivity index (χ4v) is 3.71. The van der Waals surface area contributed by atoms with Gasteiger partial charge in [0.15, 0.2) is 0 Å². The highest BCUT2D eigenvalue weighted by molar-refractivity contribution is 5.63. The molecule has 0 atom stereocenters. The van der Waals surface area contributed by atoms with Gasteiger partial charge in [0.05, 0.1) is 18.0 Å². The van der Waals surface area contributed by atoms with Crippen molar-refractivity contribution in [1.82, 2.24) is 14.8 Å². The number of benzene rings is 1. The monoisotopic (exact) mass is 375 g/mol. The van der Waals surface area contributed by atoms with Crippen LogP contribution < -0.4 is 4.74 Å². The Bertz CT molecular complexity index is 926. The second-order valence-corrected chi connectivity index (χ2v) is 8.17. The molecule has 1 aliphatic carbocycles. The maximum atomic E-state index is 6.13. The molecule has 1 fully saturated rings. The van der Waals surface area contributed by atoms with Gasteiger partial charge < -0.3 is 4.74 Å². The van der Waals surface area contributed by atoms with Crippen LogP contribution in [-0.4, -0.2) is 21.4 Å². The molecule has 0 bridgehead atoms. The molecule has 4 rings (SSSR count). The van der Waals surface area contributed by atoms with E-state index in [0.717, 1.165) is 47.3 Å². The fourth-order valence-electron chi connectivity index (χ4n) is 3.71. The first-order valence-electron chi connectivity index (χ1n) is 10.3. The van der Waals surface area contributed by atoms with Gasteiger partial charge in [0.25, 0.3) is 0 Å². The van der Waals surface area contributed by atoms with Crippen molar-refractivity contribution >= 4 is 0 Å². The lowest BCUT2D eigenvalue weighted by Crippen LogP contribution is -2.20. The van der Waals surface area contributed by atoms with E-state index in [1.165, 1.54) is 24.8 Å². The number of hydrogen-bond donors (Lipinski definition) is 0. The molecule has 0 spiro atoms. The number of nitrogens with zero attached hydrogens (tertiary/aromatic N) is 3. The fraction of sp³-hybridized carbons (Fsp3) is 0.417. The Morgan fingerprint density at radius 2 is 1.89 bits per heavy atom. The molecule has 1 aliphatic rings. The quantitative estimate of drug-likeness (QED) is 0.557. The first-order chi connectivity index (χ1) is 13.6. The van der Waals surface area contributed by atoms with Crippen LogP contribution in [0.2, 0.25) is 0 Å². The summed E-state index contributed by atoms with van der Waals surface area (Å²) in [7, 11) is 1.97. The van der Waals surface area contributed by atoms with Crippen LogP contribution >= 0.6 is 0 Å². The molecule has 1 saturated carbocycles. The molecule has 0 saturated heterocycles. The van der Waals surface area contributed by atoms with Crippen molar-refractivity contribution in [2.24, 2.45) is 13.0 Å². The van der Waals surface area contributed by atoms with E-state index in [-0.39, 0.29) is 0 Å². The zero-order valence-corrected chi connectivity index (χ0v) is 17.1. The number of rotatable bonds is 7. The Morgan fingerprint density at radius 3 is 2.57 bits per heavy atom. The minimum absolute atomic E-state index is 0.332.